The van der Waals surface area contributed by atoms with E-state index in [1.54, 1.807) is 6.26 Å². The van der Waals surface area contributed by atoms with Gasteiger partial charge in [-0.2, -0.15) is 0 Å². The van der Waals surface area contributed by atoms with Gasteiger partial charge in [0.1, 0.15) is 5.76 Å². The van der Waals surface area contributed by atoms with Gasteiger partial charge in [-0.05, 0) is 38.3 Å². The molecule has 2 heterocycles. The highest BCUT2D eigenvalue weighted by Gasteiger charge is 2.34. The van der Waals surface area contributed by atoms with Gasteiger partial charge in [-0.25, -0.2) is 0 Å². The maximum Gasteiger partial charge on any atom is 0.237 e. The van der Waals surface area contributed by atoms with E-state index in [2.05, 4.69) is 15.5 Å². The van der Waals surface area contributed by atoms with Crippen LogP contribution >= 0.6 is 0 Å². The molecule has 1 saturated carbocycles. The lowest BCUT2D eigenvalue weighted by Gasteiger charge is -2.19. The van der Waals surface area contributed by atoms with E-state index in [0.29, 0.717) is 12.6 Å². The van der Waals surface area contributed by atoms with Crippen molar-refractivity contribution in [2.24, 2.45) is 0 Å². The molecular weight excluding hydrogens is 254 g/mol. The van der Waals surface area contributed by atoms with E-state index in [-0.39, 0.29) is 11.9 Å². The summed E-state index contributed by atoms with van der Waals surface area (Å²) in [5, 5.41) is 6.33. The second-order valence-electron chi connectivity index (χ2n) is 5.90. The van der Waals surface area contributed by atoms with Crippen LogP contribution < -0.4 is 10.6 Å². The molecule has 1 saturated heterocycles. The lowest BCUT2D eigenvalue weighted by molar-refractivity contribution is -0.123. The molecule has 110 valence electrons. The first-order chi connectivity index (χ1) is 9.72. The summed E-state index contributed by atoms with van der Waals surface area (Å²) in [6.07, 6.45) is 5.47. The van der Waals surface area contributed by atoms with E-state index < -0.39 is 0 Å². The van der Waals surface area contributed by atoms with Gasteiger partial charge in [0.05, 0.1) is 18.8 Å². The summed E-state index contributed by atoms with van der Waals surface area (Å²) in [7, 11) is 0. The lowest BCUT2D eigenvalue weighted by atomic mass is 10.2. The zero-order chi connectivity index (χ0) is 13.9. The van der Waals surface area contributed by atoms with Gasteiger partial charge in [0.15, 0.2) is 0 Å². The Balaban J connectivity index is 1.39. The Kier molecular flexibility index (Phi) is 4.08. The van der Waals surface area contributed by atoms with Crippen LogP contribution in [0.2, 0.25) is 0 Å². The van der Waals surface area contributed by atoms with Gasteiger partial charge in [-0.3, -0.25) is 9.69 Å². The second kappa shape index (κ2) is 5.97. The maximum atomic E-state index is 12.0. The van der Waals surface area contributed by atoms with Gasteiger partial charge in [0.25, 0.3) is 0 Å². The Hall–Kier alpha value is -1.33. The van der Waals surface area contributed by atoms with Crippen molar-refractivity contribution in [1.29, 1.82) is 0 Å². The highest BCUT2D eigenvalue weighted by molar-refractivity contribution is 5.81. The van der Waals surface area contributed by atoms with Crippen molar-refractivity contribution in [2.75, 3.05) is 13.1 Å². The fourth-order valence-corrected chi connectivity index (χ4v) is 2.86. The van der Waals surface area contributed by atoms with E-state index in [9.17, 15) is 4.79 Å². The monoisotopic (exact) mass is 277 g/mol. The predicted molar refractivity (Wildman–Crippen MR) is 76.2 cm³/mol. The first-order valence-corrected chi connectivity index (χ1v) is 7.52. The van der Waals surface area contributed by atoms with Crippen molar-refractivity contribution in [1.82, 2.24) is 15.5 Å². The first-order valence-electron chi connectivity index (χ1n) is 7.52. The van der Waals surface area contributed by atoms with Crippen LogP contribution in [0.15, 0.2) is 22.8 Å². The van der Waals surface area contributed by atoms with Crippen LogP contribution in [0.4, 0.5) is 0 Å². The van der Waals surface area contributed by atoms with Crippen LogP contribution in [0.3, 0.4) is 0 Å². The Morgan fingerprint density at radius 3 is 3.05 bits per heavy atom. The van der Waals surface area contributed by atoms with E-state index in [4.69, 9.17) is 4.42 Å². The Morgan fingerprint density at radius 2 is 2.35 bits per heavy atom. The average Bonchev–Trinajstić information content (AvgIpc) is 2.98. The number of hydrogen-bond donors (Lipinski definition) is 2. The number of nitrogens with one attached hydrogen (secondary N) is 2. The highest BCUT2D eigenvalue weighted by Crippen LogP contribution is 2.29. The molecule has 0 aromatic carbocycles. The summed E-state index contributed by atoms with van der Waals surface area (Å²) in [5.74, 6) is 0.817. The van der Waals surface area contributed by atoms with Crippen molar-refractivity contribution < 1.29 is 9.21 Å². The third-order valence-corrected chi connectivity index (χ3v) is 4.18. The van der Waals surface area contributed by atoms with E-state index in [1.807, 2.05) is 19.1 Å². The average molecular weight is 277 g/mol. The number of rotatable bonds is 6. The molecule has 2 N–H and O–H groups in total. The van der Waals surface area contributed by atoms with Gasteiger partial charge in [0, 0.05) is 25.2 Å². The molecular formula is C15H23N3O2. The number of carbonyl (C=O) groups is 1. The Bertz CT molecular complexity index is 442. The van der Waals surface area contributed by atoms with Crippen molar-refractivity contribution in [3.63, 3.8) is 0 Å². The van der Waals surface area contributed by atoms with Gasteiger partial charge < -0.3 is 15.1 Å². The zero-order valence-corrected chi connectivity index (χ0v) is 12.0. The van der Waals surface area contributed by atoms with Gasteiger partial charge in [-0.15, -0.1) is 0 Å². The molecule has 0 spiro atoms. The summed E-state index contributed by atoms with van der Waals surface area (Å²) in [6, 6.07) is 4.80. The minimum absolute atomic E-state index is 0.0336. The number of hydrogen-bond acceptors (Lipinski definition) is 4. The number of furan rings is 1. The molecule has 1 aromatic heterocycles. The van der Waals surface area contributed by atoms with Crippen LogP contribution in [0.1, 0.15) is 31.9 Å². The molecule has 1 aliphatic heterocycles. The van der Waals surface area contributed by atoms with Crippen molar-refractivity contribution in [2.45, 2.75) is 50.9 Å². The molecule has 20 heavy (non-hydrogen) atoms. The summed E-state index contributed by atoms with van der Waals surface area (Å²) in [4.78, 5) is 14.6. The standard InChI is InChI=1S/C15H23N3O2/c1-11(15(19)16-9-14-3-2-8-20-14)17-12-6-7-18(10-12)13-4-5-13/h2-3,8,11-13,17H,4-7,9-10H2,1H3,(H,16,19). The molecule has 1 aliphatic carbocycles. The third kappa shape index (κ3) is 3.41. The van der Waals surface area contributed by atoms with E-state index >= 15 is 0 Å². The molecule has 1 aromatic rings. The van der Waals surface area contributed by atoms with Crippen molar-refractivity contribution >= 4 is 5.91 Å². The molecule has 5 nitrogen and oxygen atoms in total. The fourth-order valence-electron chi connectivity index (χ4n) is 2.86. The molecule has 2 unspecified atom stereocenters. The van der Waals surface area contributed by atoms with Crippen molar-refractivity contribution in [3.05, 3.63) is 24.2 Å². The molecule has 3 rings (SSSR count). The van der Waals surface area contributed by atoms with Crippen molar-refractivity contribution in [3.8, 4) is 0 Å². The summed E-state index contributed by atoms with van der Waals surface area (Å²) in [6.45, 7) is 4.64. The van der Waals surface area contributed by atoms with Gasteiger partial charge in [-0.1, -0.05) is 0 Å². The van der Waals surface area contributed by atoms with Gasteiger partial charge in [0.2, 0.25) is 5.91 Å². The molecule has 5 heteroatoms. The summed E-state index contributed by atoms with van der Waals surface area (Å²) < 4.78 is 5.20. The number of amides is 1. The van der Waals surface area contributed by atoms with Crippen LogP contribution in [-0.4, -0.2) is 42.0 Å². The number of nitrogens with zero attached hydrogens (tertiary/aromatic N) is 1. The molecule has 0 bridgehead atoms. The minimum atomic E-state index is -0.158. The topological polar surface area (TPSA) is 57.5 Å². The highest BCUT2D eigenvalue weighted by atomic mass is 16.3. The molecule has 2 aliphatic rings. The number of carbonyl (C=O) groups excluding carboxylic acids is 1. The lowest BCUT2D eigenvalue weighted by Crippen LogP contribution is -2.47. The van der Waals surface area contributed by atoms with Crippen LogP contribution in [0.5, 0.6) is 0 Å². The Morgan fingerprint density at radius 1 is 1.50 bits per heavy atom. The molecule has 1 amide bonds. The summed E-state index contributed by atoms with van der Waals surface area (Å²) in [5.41, 5.74) is 0. The van der Waals surface area contributed by atoms with Gasteiger partial charge >= 0.3 is 0 Å². The zero-order valence-electron chi connectivity index (χ0n) is 12.0. The SMILES string of the molecule is CC(NC1CCN(C2CC2)C1)C(=O)NCc1ccco1. The van der Waals surface area contributed by atoms with E-state index in [1.165, 1.54) is 19.4 Å². The Labute approximate surface area is 119 Å². The smallest absolute Gasteiger partial charge is 0.237 e. The number of likely N-dealkylation sites (tertiary alicyclic amines) is 1. The largest absolute Gasteiger partial charge is 0.467 e. The normalized spacial score (nSPS) is 24.8. The summed E-state index contributed by atoms with van der Waals surface area (Å²) >= 11 is 0. The molecule has 2 fully saturated rings. The molecule has 0 radical (unpaired) electrons. The van der Waals surface area contributed by atoms with Crippen LogP contribution in [0, 0.1) is 0 Å². The van der Waals surface area contributed by atoms with E-state index in [0.717, 1.165) is 24.8 Å². The third-order valence-electron chi connectivity index (χ3n) is 4.18. The van der Waals surface area contributed by atoms with Crippen LogP contribution in [-0.2, 0) is 11.3 Å². The van der Waals surface area contributed by atoms with Crippen LogP contribution in [0.25, 0.3) is 0 Å². The molecule has 2 atom stereocenters. The first kappa shape index (κ1) is 13.6. The maximum absolute atomic E-state index is 12.0. The second-order valence-corrected chi connectivity index (χ2v) is 5.90. The minimum Gasteiger partial charge on any atom is -0.467 e. The predicted octanol–water partition coefficient (Wildman–Crippen LogP) is 1.11. The quantitative estimate of drug-likeness (QED) is 0.818. The fraction of sp³-hybridized carbons (Fsp3) is 0.667.